The van der Waals surface area contributed by atoms with E-state index in [9.17, 15) is 9.18 Å². The Kier molecular flexibility index (Phi) is 3.77. The Morgan fingerprint density at radius 3 is 2.80 bits per heavy atom. The average molecular weight is 352 g/mol. The Hall–Kier alpha value is -3.06. The number of halogens is 1. The first-order valence-corrected chi connectivity index (χ1v) is 8.42. The number of carbonyl (C=O) groups excluding carboxylic acids is 1. The van der Waals surface area contributed by atoms with E-state index in [-0.39, 0.29) is 11.7 Å². The number of fused-ring (bicyclic) bond motifs is 1. The van der Waals surface area contributed by atoms with Crippen LogP contribution < -0.4 is 5.32 Å². The summed E-state index contributed by atoms with van der Waals surface area (Å²) in [6, 6.07) is 9.85. The number of hydrogen-bond acceptors (Lipinski definition) is 4. The van der Waals surface area contributed by atoms with Gasteiger partial charge in [-0.1, -0.05) is 0 Å². The predicted molar refractivity (Wildman–Crippen MR) is 96.2 cm³/mol. The van der Waals surface area contributed by atoms with Gasteiger partial charge in [0, 0.05) is 41.3 Å². The van der Waals surface area contributed by atoms with E-state index in [1.54, 1.807) is 36.1 Å². The van der Waals surface area contributed by atoms with E-state index in [0.717, 1.165) is 16.8 Å². The zero-order valence-electron chi connectivity index (χ0n) is 13.2. The first-order chi connectivity index (χ1) is 12.1. The quantitative estimate of drug-likeness (QED) is 0.604. The van der Waals surface area contributed by atoms with Crippen LogP contribution >= 0.6 is 11.3 Å². The van der Waals surface area contributed by atoms with Crippen molar-refractivity contribution < 1.29 is 9.18 Å². The van der Waals surface area contributed by atoms with E-state index in [1.807, 2.05) is 17.5 Å². The minimum atomic E-state index is -0.327. The van der Waals surface area contributed by atoms with E-state index >= 15 is 0 Å². The minimum Gasteiger partial charge on any atom is -0.340 e. The van der Waals surface area contributed by atoms with Gasteiger partial charge in [0.15, 0.2) is 5.13 Å². The first kappa shape index (κ1) is 15.5. The highest BCUT2D eigenvalue weighted by Crippen LogP contribution is 2.25. The van der Waals surface area contributed by atoms with Crippen molar-refractivity contribution in [2.24, 2.45) is 7.05 Å². The maximum absolute atomic E-state index is 13.4. The molecule has 1 amide bonds. The standard InChI is InChI=1S/C18H13FN4OS/c1-23-15-3-2-13(19)8-12(15)9-16(23)17(24)22-18-21-14(10-25-18)11-4-6-20-7-5-11/h2-10H,1H3,(H,21,22,24). The van der Waals surface area contributed by atoms with Crippen molar-refractivity contribution in [1.29, 1.82) is 0 Å². The highest BCUT2D eigenvalue weighted by molar-refractivity contribution is 7.14. The zero-order valence-corrected chi connectivity index (χ0v) is 14.0. The maximum Gasteiger partial charge on any atom is 0.274 e. The number of benzene rings is 1. The summed E-state index contributed by atoms with van der Waals surface area (Å²) < 4.78 is 15.1. The number of hydrogen-bond donors (Lipinski definition) is 1. The lowest BCUT2D eigenvalue weighted by Crippen LogP contribution is -2.15. The van der Waals surface area contributed by atoms with Crippen LogP contribution in [0.3, 0.4) is 0 Å². The Bertz CT molecular complexity index is 1070. The maximum atomic E-state index is 13.4. The van der Waals surface area contributed by atoms with Gasteiger partial charge >= 0.3 is 0 Å². The molecule has 3 aromatic heterocycles. The highest BCUT2D eigenvalue weighted by atomic mass is 32.1. The molecule has 1 aromatic carbocycles. The Morgan fingerprint density at radius 2 is 2.00 bits per heavy atom. The lowest BCUT2D eigenvalue weighted by Gasteiger charge is -2.04. The smallest absolute Gasteiger partial charge is 0.274 e. The van der Waals surface area contributed by atoms with Gasteiger partial charge in [-0.3, -0.25) is 15.1 Å². The van der Waals surface area contributed by atoms with Gasteiger partial charge in [-0.05, 0) is 36.4 Å². The van der Waals surface area contributed by atoms with Gasteiger partial charge in [0.25, 0.3) is 5.91 Å². The number of anilines is 1. The third-order valence-electron chi connectivity index (χ3n) is 3.94. The van der Waals surface area contributed by atoms with Crippen LogP contribution in [0.2, 0.25) is 0 Å². The van der Waals surface area contributed by atoms with Crippen molar-refractivity contribution in [3.63, 3.8) is 0 Å². The molecule has 0 aliphatic rings. The molecule has 0 saturated carbocycles. The molecule has 0 spiro atoms. The molecule has 0 atom stereocenters. The van der Waals surface area contributed by atoms with Gasteiger partial charge in [0.1, 0.15) is 11.5 Å². The molecule has 0 fully saturated rings. The lowest BCUT2D eigenvalue weighted by molar-refractivity contribution is 0.101. The van der Waals surface area contributed by atoms with Crippen molar-refractivity contribution in [2.75, 3.05) is 5.32 Å². The molecule has 5 nitrogen and oxygen atoms in total. The molecule has 1 N–H and O–H groups in total. The number of pyridine rings is 1. The summed E-state index contributed by atoms with van der Waals surface area (Å²) in [5.41, 5.74) is 2.96. The molecule has 0 saturated heterocycles. The summed E-state index contributed by atoms with van der Waals surface area (Å²) in [5.74, 6) is -0.610. The fourth-order valence-electron chi connectivity index (χ4n) is 2.69. The number of aryl methyl sites for hydroxylation is 1. The second kappa shape index (κ2) is 6.10. The first-order valence-electron chi connectivity index (χ1n) is 7.54. The number of rotatable bonds is 3. The van der Waals surface area contributed by atoms with Crippen LogP contribution in [-0.4, -0.2) is 20.4 Å². The molecule has 0 radical (unpaired) electrons. The van der Waals surface area contributed by atoms with E-state index in [0.29, 0.717) is 16.2 Å². The number of thiazole rings is 1. The Morgan fingerprint density at radius 1 is 1.20 bits per heavy atom. The average Bonchev–Trinajstić information content (AvgIpc) is 3.20. The minimum absolute atomic E-state index is 0.283. The van der Waals surface area contributed by atoms with Gasteiger partial charge < -0.3 is 4.57 Å². The lowest BCUT2D eigenvalue weighted by atomic mass is 10.2. The summed E-state index contributed by atoms with van der Waals surface area (Å²) in [6.07, 6.45) is 3.39. The molecule has 25 heavy (non-hydrogen) atoms. The molecule has 0 aliphatic heterocycles. The third-order valence-corrected chi connectivity index (χ3v) is 4.70. The predicted octanol–water partition coefficient (Wildman–Crippen LogP) is 4.09. The van der Waals surface area contributed by atoms with Crippen LogP contribution in [0, 0.1) is 5.82 Å². The largest absolute Gasteiger partial charge is 0.340 e. The number of carbonyl (C=O) groups is 1. The molecule has 0 unspecified atom stereocenters. The second-order valence-corrected chi connectivity index (χ2v) is 6.38. The molecule has 0 bridgehead atoms. The fourth-order valence-corrected chi connectivity index (χ4v) is 3.40. The number of nitrogens with zero attached hydrogens (tertiary/aromatic N) is 3. The van der Waals surface area contributed by atoms with Crippen LogP contribution in [0.15, 0.2) is 54.2 Å². The van der Waals surface area contributed by atoms with Gasteiger partial charge in [-0.25, -0.2) is 9.37 Å². The summed E-state index contributed by atoms with van der Waals surface area (Å²) >= 11 is 1.35. The van der Waals surface area contributed by atoms with Gasteiger partial charge in [-0.15, -0.1) is 11.3 Å². The van der Waals surface area contributed by atoms with Crippen molar-refractivity contribution in [3.8, 4) is 11.3 Å². The van der Waals surface area contributed by atoms with Crippen LogP contribution in [0.4, 0.5) is 9.52 Å². The molecule has 4 rings (SSSR count). The molecular weight excluding hydrogens is 339 g/mol. The van der Waals surface area contributed by atoms with Gasteiger partial charge in [-0.2, -0.15) is 0 Å². The summed E-state index contributed by atoms with van der Waals surface area (Å²) in [7, 11) is 1.78. The van der Waals surface area contributed by atoms with Crippen LogP contribution in [0.25, 0.3) is 22.2 Å². The molecule has 0 aliphatic carbocycles. The SMILES string of the molecule is Cn1c(C(=O)Nc2nc(-c3ccncc3)cs2)cc2cc(F)ccc21. The monoisotopic (exact) mass is 352 g/mol. The van der Waals surface area contributed by atoms with Crippen molar-refractivity contribution in [1.82, 2.24) is 14.5 Å². The Labute approximate surface area is 146 Å². The van der Waals surface area contributed by atoms with Gasteiger partial charge in [0.2, 0.25) is 0 Å². The zero-order chi connectivity index (χ0) is 17.4. The summed E-state index contributed by atoms with van der Waals surface area (Å²) in [6.45, 7) is 0. The number of aromatic nitrogens is 3. The second-order valence-electron chi connectivity index (χ2n) is 5.52. The van der Waals surface area contributed by atoms with Crippen LogP contribution in [-0.2, 0) is 7.05 Å². The molecule has 124 valence electrons. The normalized spacial score (nSPS) is 11.0. The van der Waals surface area contributed by atoms with Crippen molar-refractivity contribution in [2.45, 2.75) is 0 Å². The summed E-state index contributed by atoms with van der Waals surface area (Å²) in [4.78, 5) is 21.0. The molecule has 4 aromatic rings. The van der Waals surface area contributed by atoms with E-state index in [4.69, 9.17) is 0 Å². The topological polar surface area (TPSA) is 59.8 Å². The van der Waals surface area contributed by atoms with Crippen LogP contribution in [0.5, 0.6) is 0 Å². The number of amides is 1. The molecular formula is C18H13FN4OS. The van der Waals surface area contributed by atoms with Crippen molar-refractivity contribution >= 4 is 33.3 Å². The number of nitrogens with one attached hydrogen (secondary N) is 1. The van der Waals surface area contributed by atoms with Crippen molar-refractivity contribution in [3.05, 3.63) is 65.7 Å². The molecule has 7 heteroatoms. The van der Waals surface area contributed by atoms with E-state index < -0.39 is 0 Å². The van der Waals surface area contributed by atoms with E-state index in [2.05, 4.69) is 15.3 Å². The Balaban J connectivity index is 1.60. The third kappa shape index (κ3) is 2.89. The van der Waals surface area contributed by atoms with Crippen LogP contribution in [0.1, 0.15) is 10.5 Å². The fraction of sp³-hybridized carbons (Fsp3) is 0.0556. The summed E-state index contributed by atoms with van der Waals surface area (Å²) in [5, 5.41) is 5.87. The van der Waals surface area contributed by atoms with E-state index in [1.165, 1.54) is 23.5 Å². The molecule has 3 heterocycles. The highest BCUT2D eigenvalue weighted by Gasteiger charge is 2.15. The van der Waals surface area contributed by atoms with Gasteiger partial charge in [0.05, 0.1) is 5.69 Å².